The fraction of sp³-hybridized carbons (Fsp3) is 0.158. The van der Waals surface area contributed by atoms with Crippen LogP contribution in [0.15, 0.2) is 218 Å². The minimum Gasteiger partial charge on any atom is -0.333 e. The van der Waals surface area contributed by atoms with Crippen LogP contribution in [0.25, 0.3) is 120 Å². The molecule has 0 saturated carbocycles. The topological polar surface area (TPSA) is 35.6 Å². The van der Waals surface area contributed by atoms with E-state index in [0.29, 0.717) is 17.4 Å². The molecule has 3 aromatic heterocycles. The summed E-state index contributed by atoms with van der Waals surface area (Å²) in [5, 5.41) is 6.00. The molecule has 405 valence electrons. The monoisotopic (exact) mass is 1260 g/mol. The molecule has 0 aliphatic heterocycles. The van der Waals surface area contributed by atoms with Crippen molar-refractivity contribution >= 4 is 75.1 Å². The van der Waals surface area contributed by atoms with Crippen molar-refractivity contribution < 1.29 is 27.0 Å². The summed E-state index contributed by atoms with van der Waals surface area (Å²) >= 11 is 1.71. The summed E-state index contributed by atoms with van der Waals surface area (Å²) < 4.78 is 49.6. The number of aromatic nitrogens is 4. The Hall–Kier alpha value is -8.25. The van der Waals surface area contributed by atoms with Gasteiger partial charge in [-0.15, -0.1) is 54.1 Å². The zero-order valence-electron chi connectivity index (χ0n) is 52.2. The number of thiophene rings is 1. The summed E-state index contributed by atoms with van der Waals surface area (Å²) in [6.07, 6.45) is 0. The van der Waals surface area contributed by atoms with Gasteiger partial charge in [-0.05, 0) is 154 Å². The third-order valence-electron chi connectivity index (χ3n) is 15.8. The van der Waals surface area contributed by atoms with Gasteiger partial charge in [-0.25, -0.2) is 0 Å². The largest absolute Gasteiger partial charge is 0.333 e. The maximum atomic E-state index is 8.83. The molecule has 14 rings (SSSR count). The van der Waals surface area contributed by atoms with Gasteiger partial charge in [0.2, 0.25) is 0 Å². The van der Waals surface area contributed by atoms with Crippen molar-refractivity contribution in [1.29, 1.82) is 0 Å². The van der Waals surface area contributed by atoms with Gasteiger partial charge in [-0.1, -0.05) is 194 Å². The van der Waals surface area contributed by atoms with E-state index < -0.39 is 6.04 Å². The fourth-order valence-corrected chi connectivity index (χ4v) is 13.1. The van der Waals surface area contributed by atoms with Crippen LogP contribution in [0, 0.1) is 12.1 Å². The first-order valence-electron chi connectivity index (χ1n) is 30.7. The SMILES string of the molecule is CC(C)c1cccc(C(C)C)c1-n1c(-c2[c-]cccc2)nc2ccccc21.[2H]c1c([2H])c([2H])c(-c2cc3cc4sc5c(-c6nc7ccccc7n6-c6c(C(C)C)cc(-c7ccccc7)cc6C(C)C)[c-]ccc5c4cc3c3ccccc23)c([2H])c1[2H].[Ir]. The van der Waals surface area contributed by atoms with E-state index in [1.807, 2.05) is 54.6 Å². The molecule has 0 N–H and O–H groups in total. The van der Waals surface area contributed by atoms with Crippen LogP contribution in [0.2, 0.25) is 0 Å². The van der Waals surface area contributed by atoms with Gasteiger partial charge in [0.15, 0.2) is 0 Å². The van der Waals surface area contributed by atoms with Crippen LogP contribution < -0.4 is 0 Å². The Labute approximate surface area is 506 Å². The van der Waals surface area contributed by atoms with Crippen molar-refractivity contribution in [3.63, 3.8) is 0 Å². The van der Waals surface area contributed by atoms with E-state index in [1.54, 1.807) is 11.3 Å². The molecule has 0 spiro atoms. The van der Waals surface area contributed by atoms with Crippen molar-refractivity contribution in [3.8, 4) is 56.4 Å². The summed E-state index contributed by atoms with van der Waals surface area (Å²) in [5.74, 6) is 3.11. The third kappa shape index (κ3) is 9.67. The Morgan fingerprint density at radius 2 is 1.01 bits per heavy atom. The van der Waals surface area contributed by atoms with Gasteiger partial charge in [0.25, 0.3) is 0 Å². The molecular formula is C76H64IrN4S-2. The van der Waals surface area contributed by atoms with Crippen molar-refractivity contribution in [2.75, 3.05) is 0 Å². The first-order chi connectivity index (χ1) is 41.6. The van der Waals surface area contributed by atoms with Gasteiger partial charge < -0.3 is 9.13 Å². The predicted octanol–water partition coefficient (Wildman–Crippen LogP) is 21.5. The van der Waals surface area contributed by atoms with Gasteiger partial charge in [0.05, 0.1) is 40.6 Å². The number of rotatable bonds is 10. The molecule has 0 fully saturated rings. The smallest absolute Gasteiger partial charge is 0.0774 e. The van der Waals surface area contributed by atoms with E-state index in [0.717, 1.165) is 86.6 Å². The van der Waals surface area contributed by atoms with Crippen molar-refractivity contribution in [2.24, 2.45) is 0 Å². The molecule has 0 aliphatic rings. The number of para-hydroxylation sites is 5. The second-order valence-electron chi connectivity index (χ2n) is 22.3. The summed E-state index contributed by atoms with van der Waals surface area (Å²) in [4.78, 5) is 10.4. The summed E-state index contributed by atoms with van der Waals surface area (Å²) in [7, 11) is 0. The minimum absolute atomic E-state index is 0. The molecule has 0 bridgehead atoms. The molecule has 0 amide bonds. The van der Waals surface area contributed by atoms with Crippen molar-refractivity contribution in [1.82, 2.24) is 19.1 Å². The van der Waals surface area contributed by atoms with E-state index in [1.165, 1.54) is 44.8 Å². The quantitative estimate of drug-likeness (QED) is 0.101. The van der Waals surface area contributed by atoms with Crippen LogP contribution in [0.1, 0.15) is 108 Å². The summed E-state index contributed by atoms with van der Waals surface area (Å²) in [5.41, 5.74) is 17.0. The van der Waals surface area contributed by atoms with Crippen LogP contribution in [0.5, 0.6) is 0 Å². The van der Waals surface area contributed by atoms with E-state index in [2.05, 4.69) is 210 Å². The first-order valence-corrected chi connectivity index (χ1v) is 29.0. The predicted molar refractivity (Wildman–Crippen MR) is 346 cm³/mol. The van der Waals surface area contributed by atoms with E-state index in [-0.39, 0.29) is 61.7 Å². The van der Waals surface area contributed by atoms with Gasteiger partial charge in [0, 0.05) is 36.2 Å². The Kier molecular flexibility index (Phi) is 13.4. The maximum absolute atomic E-state index is 8.83. The average Bonchev–Trinajstić information content (AvgIpc) is 1.77. The van der Waals surface area contributed by atoms with Gasteiger partial charge in [-0.2, -0.15) is 11.3 Å². The molecule has 0 atom stereocenters. The van der Waals surface area contributed by atoms with E-state index >= 15 is 0 Å². The molecule has 82 heavy (non-hydrogen) atoms. The Balaban J connectivity index is 0.000000221. The van der Waals surface area contributed by atoms with Gasteiger partial charge >= 0.3 is 0 Å². The summed E-state index contributed by atoms with van der Waals surface area (Å²) in [6.45, 7) is 18.1. The second kappa shape index (κ2) is 22.6. The molecule has 3 heterocycles. The van der Waals surface area contributed by atoms with E-state index in [4.69, 9.17) is 16.8 Å². The van der Waals surface area contributed by atoms with Gasteiger partial charge in [-0.3, -0.25) is 9.97 Å². The van der Waals surface area contributed by atoms with Crippen LogP contribution in [0.4, 0.5) is 0 Å². The molecule has 1 radical (unpaired) electrons. The molecular weight excluding hydrogens is 1190 g/mol. The summed E-state index contributed by atoms with van der Waals surface area (Å²) in [6, 6.07) is 71.0. The molecule has 6 heteroatoms. The standard InChI is InChI=1S/C51H39N2S.C25H25N2.Ir/c1-31(2)41-26-35(33-16-7-5-8-17-33)27-42(32(3)4)49(41)53-47-25-14-13-24-46(47)52-51(53)40-23-15-22-39-45-30-44-36(29-48(45)54-50(39)40)28-43(34-18-9-6-10-19-34)37-20-11-12-21-38(37)44;1-17(2)20-13-10-14-21(18(3)4)24(20)27-23-16-9-8-15-22(23)26-25(27)19-11-6-5-7-12-19;/h5-22,24-32H,1-4H3;5-11,13-18H,1-4H3;/q2*-1;/i6D,9D,10D,18D,19D;;. The Morgan fingerprint density at radius 3 is 1.65 bits per heavy atom. The van der Waals surface area contributed by atoms with Gasteiger partial charge in [0.1, 0.15) is 0 Å². The average molecular weight is 1260 g/mol. The molecule has 0 aliphatic carbocycles. The van der Waals surface area contributed by atoms with Crippen LogP contribution in [0.3, 0.4) is 0 Å². The number of benzene rings is 11. The second-order valence-corrected chi connectivity index (χ2v) is 23.4. The molecule has 0 unspecified atom stereocenters. The fourth-order valence-electron chi connectivity index (χ4n) is 11.9. The van der Waals surface area contributed by atoms with Crippen LogP contribution in [-0.4, -0.2) is 19.1 Å². The molecule has 14 aromatic rings. The normalized spacial score (nSPS) is 12.6. The zero-order chi connectivity index (χ0) is 59.8. The molecule has 4 nitrogen and oxygen atoms in total. The third-order valence-corrected chi connectivity index (χ3v) is 17.0. The molecule has 11 aromatic carbocycles. The molecule has 0 saturated heterocycles. The minimum atomic E-state index is -0.396. The first kappa shape index (κ1) is 48.5. The van der Waals surface area contributed by atoms with Crippen molar-refractivity contribution in [3.05, 3.63) is 253 Å². The van der Waals surface area contributed by atoms with Crippen molar-refractivity contribution in [2.45, 2.75) is 79.1 Å². The Morgan fingerprint density at radius 1 is 0.439 bits per heavy atom. The number of imidazole rings is 2. The number of hydrogen-bond acceptors (Lipinski definition) is 3. The Bertz CT molecular complexity index is 4880. The number of nitrogens with zero attached hydrogens (tertiary/aromatic N) is 4. The van der Waals surface area contributed by atoms with Crippen LogP contribution >= 0.6 is 11.3 Å². The van der Waals surface area contributed by atoms with E-state index in [9.17, 15) is 0 Å². The number of fused-ring (bicyclic) bond motifs is 8. The van der Waals surface area contributed by atoms with Crippen LogP contribution in [-0.2, 0) is 20.1 Å². The number of hydrogen-bond donors (Lipinski definition) is 0. The maximum Gasteiger partial charge on any atom is 0.0774 e. The zero-order valence-corrected chi connectivity index (χ0v) is 50.4.